The Kier molecular flexibility index (Phi) is 13.4. The van der Waals surface area contributed by atoms with E-state index in [9.17, 15) is 19.2 Å². The molecule has 0 heterocycles. The first-order chi connectivity index (χ1) is 14.0. The summed E-state index contributed by atoms with van der Waals surface area (Å²) in [5, 5.41) is 5.49. The predicted molar refractivity (Wildman–Crippen MR) is 115 cm³/mol. The largest absolute Gasteiger partial charge is 0.463 e. The summed E-state index contributed by atoms with van der Waals surface area (Å²) in [4.78, 5) is 48.0. The Hall–Kier alpha value is -2.42. The van der Waals surface area contributed by atoms with Gasteiger partial charge in [0, 0.05) is 18.5 Å². The summed E-state index contributed by atoms with van der Waals surface area (Å²) < 4.78 is 4.83. The van der Waals surface area contributed by atoms with Crippen LogP contribution in [-0.4, -0.2) is 48.4 Å². The number of hydrogen-bond acceptors (Lipinski definition) is 6. The second kappa shape index (κ2) is 14.5. The van der Waals surface area contributed by atoms with E-state index in [1.165, 1.54) is 12.2 Å². The van der Waals surface area contributed by atoms with Crippen molar-refractivity contribution >= 4 is 23.7 Å². The molecule has 9 nitrogen and oxygen atoms in total. The van der Waals surface area contributed by atoms with E-state index in [2.05, 4.69) is 10.6 Å². The van der Waals surface area contributed by atoms with E-state index in [1.54, 1.807) is 6.92 Å². The molecular formula is C21H38N4O5. The van der Waals surface area contributed by atoms with Crippen molar-refractivity contribution < 1.29 is 23.9 Å². The number of amides is 3. The van der Waals surface area contributed by atoms with E-state index in [0.29, 0.717) is 12.8 Å². The smallest absolute Gasteiger partial charge is 0.330 e. The van der Waals surface area contributed by atoms with Gasteiger partial charge in [-0.3, -0.25) is 14.4 Å². The molecule has 0 aromatic rings. The highest BCUT2D eigenvalue weighted by atomic mass is 16.5. The molecule has 0 unspecified atom stereocenters. The number of esters is 1. The molecule has 0 aromatic carbocycles. The van der Waals surface area contributed by atoms with Gasteiger partial charge < -0.3 is 26.8 Å². The zero-order valence-electron chi connectivity index (χ0n) is 18.8. The van der Waals surface area contributed by atoms with Gasteiger partial charge in [-0.05, 0) is 38.0 Å². The van der Waals surface area contributed by atoms with Crippen LogP contribution < -0.4 is 22.1 Å². The Morgan fingerprint density at radius 2 is 1.57 bits per heavy atom. The minimum atomic E-state index is -0.789. The number of nitrogens with one attached hydrogen (secondary N) is 2. The van der Waals surface area contributed by atoms with Gasteiger partial charge in [0.1, 0.15) is 6.04 Å². The number of rotatable bonds is 14. The zero-order valence-corrected chi connectivity index (χ0v) is 18.8. The van der Waals surface area contributed by atoms with Crippen LogP contribution in [0.5, 0.6) is 0 Å². The maximum Gasteiger partial charge on any atom is 0.330 e. The third-order valence-electron chi connectivity index (χ3n) is 4.18. The lowest BCUT2D eigenvalue weighted by atomic mass is 10.00. The van der Waals surface area contributed by atoms with Crippen molar-refractivity contribution in [3.8, 4) is 0 Å². The molecule has 30 heavy (non-hydrogen) atoms. The molecule has 0 radical (unpaired) electrons. The summed E-state index contributed by atoms with van der Waals surface area (Å²) in [6.07, 6.45) is 3.81. The van der Waals surface area contributed by atoms with E-state index in [0.717, 1.165) is 0 Å². The van der Waals surface area contributed by atoms with Gasteiger partial charge in [-0.15, -0.1) is 0 Å². The lowest BCUT2D eigenvalue weighted by molar-refractivity contribution is -0.137. The topological polar surface area (TPSA) is 154 Å². The number of hydrogen-bond donors (Lipinski definition) is 4. The second-order valence-electron chi connectivity index (χ2n) is 8.16. The van der Waals surface area contributed by atoms with E-state index < -0.39 is 35.9 Å². The monoisotopic (exact) mass is 426 g/mol. The molecular weight excluding hydrogens is 388 g/mol. The van der Waals surface area contributed by atoms with Gasteiger partial charge in [0.25, 0.3) is 0 Å². The van der Waals surface area contributed by atoms with Crippen molar-refractivity contribution in [2.75, 3.05) is 6.61 Å². The summed E-state index contributed by atoms with van der Waals surface area (Å²) >= 11 is 0. The highest BCUT2D eigenvalue weighted by molar-refractivity contribution is 5.90. The average molecular weight is 427 g/mol. The number of ether oxygens (including phenoxy) is 1. The van der Waals surface area contributed by atoms with Gasteiger partial charge in [-0.2, -0.15) is 0 Å². The van der Waals surface area contributed by atoms with Crippen LogP contribution in [0.2, 0.25) is 0 Å². The highest BCUT2D eigenvalue weighted by Gasteiger charge is 2.26. The molecule has 0 aliphatic carbocycles. The number of carbonyl (C=O) groups is 4. The third-order valence-corrected chi connectivity index (χ3v) is 4.18. The lowest BCUT2D eigenvalue weighted by Gasteiger charge is -2.24. The van der Waals surface area contributed by atoms with Crippen LogP contribution in [-0.2, 0) is 23.9 Å². The third kappa shape index (κ3) is 12.9. The zero-order chi connectivity index (χ0) is 23.3. The Morgan fingerprint density at radius 1 is 0.967 bits per heavy atom. The Balaban J connectivity index is 5.26. The molecule has 9 heteroatoms. The Labute approximate surface area is 179 Å². The number of primary amides is 1. The van der Waals surface area contributed by atoms with Crippen LogP contribution in [0.25, 0.3) is 0 Å². The van der Waals surface area contributed by atoms with Gasteiger partial charge in [0.2, 0.25) is 17.7 Å². The second-order valence-corrected chi connectivity index (χ2v) is 8.16. The van der Waals surface area contributed by atoms with Gasteiger partial charge in [0.15, 0.2) is 0 Å². The fourth-order valence-corrected chi connectivity index (χ4v) is 2.78. The molecule has 0 spiro atoms. The highest BCUT2D eigenvalue weighted by Crippen LogP contribution is 2.09. The Bertz CT molecular complexity index is 604. The molecule has 0 fully saturated rings. The number of nitrogens with two attached hydrogens (primary N) is 2. The molecule has 0 saturated heterocycles. The quantitative estimate of drug-likeness (QED) is 0.237. The first-order valence-electron chi connectivity index (χ1n) is 10.5. The molecule has 0 saturated carbocycles. The minimum Gasteiger partial charge on any atom is -0.463 e. The van der Waals surface area contributed by atoms with Crippen LogP contribution in [0.15, 0.2) is 12.2 Å². The molecule has 3 amide bonds. The van der Waals surface area contributed by atoms with E-state index in [1.807, 2.05) is 27.7 Å². The first kappa shape index (κ1) is 27.6. The molecule has 3 atom stereocenters. The van der Waals surface area contributed by atoms with Gasteiger partial charge in [-0.1, -0.05) is 33.8 Å². The predicted octanol–water partition coefficient (Wildman–Crippen LogP) is 0.760. The molecule has 0 aromatic heterocycles. The molecule has 172 valence electrons. The SMILES string of the molecule is CCOC(=O)/C=C/[C@H](CCC(N)=O)NC(=O)[C@H](CC(C)C)NC(=O)[C@@H](N)CC(C)C. The summed E-state index contributed by atoms with van der Waals surface area (Å²) in [6.45, 7) is 9.70. The molecule has 0 aliphatic rings. The van der Waals surface area contributed by atoms with E-state index in [-0.39, 0.29) is 37.2 Å². The number of carbonyl (C=O) groups excluding carboxylic acids is 4. The van der Waals surface area contributed by atoms with E-state index in [4.69, 9.17) is 16.2 Å². The summed E-state index contributed by atoms with van der Waals surface area (Å²) in [7, 11) is 0. The molecule has 0 aliphatic heterocycles. The molecule has 6 N–H and O–H groups in total. The lowest BCUT2D eigenvalue weighted by Crippen LogP contribution is -2.53. The van der Waals surface area contributed by atoms with Crippen LogP contribution in [0, 0.1) is 11.8 Å². The van der Waals surface area contributed by atoms with Crippen molar-refractivity contribution in [2.45, 2.75) is 78.4 Å². The van der Waals surface area contributed by atoms with Crippen LogP contribution in [0.4, 0.5) is 0 Å². The van der Waals surface area contributed by atoms with Crippen LogP contribution >= 0.6 is 0 Å². The van der Waals surface area contributed by atoms with Crippen LogP contribution in [0.3, 0.4) is 0 Å². The van der Waals surface area contributed by atoms with Gasteiger partial charge in [-0.25, -0.2) is 4.79 Å². The molecule has 0 rings (SSSR count). The van der Waals surface area contributed by atoms with Crippen molar-refractivity contribution in [3.05, 3.63) is 12.2 Å². The van der Waals surface area contributed by atoms with Crippen molar-refractivity contribution in [3.63, 3.8) is 0 Å². The summed E-state index contributed by atoms with van der Waals surface area (Å²) in [5.74, 6) is -1.50. The van der Waals surface area contributed by atoms with Gasteiger partial charge >= 0.3 is 5.97 Å². The summed E-state index contributed by atoms with van der Waals surface area (Å²) in [6, 6.07) is -2.12. The Morgan fingerprint density at radius 3 is 2.07 bits per heavy atom. The fraction of sp³-hybridized carbons (Fsp3) is 0.714. The van der Waals surface area contributed by atoms with Crippen molar-refractivity contribution in [1.29, 1.82) is 0 Å². The molecule has 0 bridgehead atoms. The maximum atomic E-state index is 12.9. The maximum absolute atomic E-state index is 12.9. The van der Waals surface area contributed by atoms with Gasteiger partial charge in [0.05, 0.1) is 12.6 Å². The van der Waals surface area contributed by atoms with Crippen molar-refractivity contribution in [2.24, 2.45) is 23.3 Å². The van der Waals surface area contributed by atoms with E-state index >= 15 is 0 Å². The van der Waals surface area contributed by atoms with Crippen molar-refractivity contribution in [1.82, 2.24) is 10.6 Å². The minimum absolute atomic E-state index is 0.0264. The first-order valence-corrected chi connectivity index (χ1v) is 10.5. The fourth-order valence-electron chi connectivity index (χ4n) is 2.78. The normalized spacial score (nSPS) is 14.4. The van der Waals surface area contributed by atoms with Crippen LogP contribution in [0.1, 0.15) is 60.3 Å². The summed E-state index contributed by atoms with van der Waals surface area (Å²) in [5.41, 5.74) is 11.1. The average Bonchev–Trinajstić information content (AvgIpc) is 2.62. The standard InChI is InChI=1S/C21H38N4O5/c1-6-30-19(27)10-8-15(7-9-18(23)26)24-21(29)17(12-14(4)5)25-20(28)16(22)11-13(2)3/h8,10,13-17H,6-7,9,11-12,22H2,1-5H3,(H2,23,26)(H,24,29)(H,25,28)/b10-8+/t15-,16-,17-/m0/s1.